The Bertz CT molecular complexity index is 652. The molecule has 1 aromatic carbocycles. The fourth-order valence-corrected chi connectivity index (χ4v) is 3.63. The molecule has 1 aromatic heterocycles. The predicted molar refractivity (Wildman–Crippen MR) is 97.1 cm³/mol. The zero-order valence-corrected chi connectivity index (χ0v) is 14.8. The van der Waals surface area contributed by atoms with E-state index in [0.717, 1.165) is 35.9 Å². The highest BCUT2D eigenvalue weighted by atomic mass is 32.1. The Hall–Kier alpha value is -1.92. The lowest BCUT2D eigenvalue weighted by Crippen LogP contribution is -2.42. The second-order valence-corrected chi connectivity index (χ2v) is 7.22. The maximum atomic E-state index is 12.3. The first-order valence-corrected chi connectivity index (χ1v) is 9.31. The predicted octanol–water partition coefficient (Wildman–Crippen LogP) is 3.09. The van der Waals surface area contributed by atoms with Gasteiger partial charge in [0.15, 0.2) is 0 Å². The number of rotatable bonds is 6. The molecule has 1 aliphatic heterocycles. The number of aromatic nitrogens is 1. The van der Waals surface area contributed by atoms with Crippen molar-refractivity contribution in [2.24, 2.45) is 0 Å². The van der Waals surface area contributed by atoms with E-state index in [-0.39, 0.29) is 12.1 Å². The summed E-state index contributed by atoms with van der Waals surface area (Å²) < 4.78 is 0. The largest absolute Gasteiger partial charge is 0.332 e. The summed E-state index contributed by atoms with van der Waals surface area (Å²) in [5.74, 6) is 0. The van der Waals surface area contributed by atoms with Crippen molar-refractivity contribution < 1.29 is 4.79 Å². The van der Waals surface area contributed by atoms with Gasteiger partial charge in [0.1, 0.15) is 0 Å². The molecule has 2 heterocycles. The number of benzene rings is 1. The number of carbonyl (C=O) groups is 1. The van der Waals surface area contributed by atoms with Crippen LogP contribution in [-0.2, 0) is 6.54 Å². The van der Waals surface area contributed by atoms with Crippen molar-refractivity contribution in [3.63, 3.8) is 0 Å². The van der Waals surface area contributed by atoms with E-state index in [2.05, 4.69) is 32.7 Å². The summed E-state index contributed by atoms with van der Waals surface area (Å²) in [6, 6.07) is 10.0. The number of nitrogens with one attached hydrogen (secondary N) is 2. The van der Waals surface area contributed by atoms with Gasteiger partial charge in [-0.3, -0.25) is 0 Å². The van der Waals surface area contributed by atoms with Crippen LogP contribution in [-0.4, -0.2) is 35.5 Å². The molecule has 1 atom stereocenters. The van der Waals surface area contributed by atoms with Gasteiger partial charge in [-0.2, -0.15) is 0 Å². The number of thiazole rings is 1. The van der Waals surface area contributed by atoms with E-state index in [9.17, 15) is 4.79 Å². The Labute approximate surface area is 147 Å². The van der Waals surface area contributed by atoms with Crippen molar-refractivity contribution in [2.45, 2.75) is 32.4 Å². The van der Waals surface area contributed by atoms with Crippen molar-refractivity contribution in [1.29, 1.82) is 0 Å². The van der Waals surface area contributed by atoms with Crippen LogP contribution >= 0.6 is 11.3 Å². The van der Waals surface area contributed by atoms with Gasteiger partial charge in [0.2, 0.25) is 0 Å². The van der Waals surface area contributed by atoms with E-state index in [4.69, 9.17) is 0 Å². The number of amides is 2. The topological polar surface area (TPSA) is 57.3 Å². The van der Waals surface area contributed by atoms with Gasteiger partial charge in [0.05, 0.1) is 23.3 Å². The van der Waals surface area contributed by atoms with Crippen molar-refractivity contribution in [3.8, 4) is 0 Å². The van der Waals surface area contributed by atoms with Crippen LogP contribution in [0.25, 0.3) is 0 Å². The molecule has 128 valence electrons. The molecule has 2 N–H and O–H groups in total. The van der Waals surface area contributed by atoms with Crippen molar-refractivity contribution in [1.82, 2.24) is 20.5 Å². The minimum atomic E-state index is -0.145. The van der Waals surface area contributed by atoms with E-state index in [0.29, 0.717) is 6.54 Å². The lowest BCUT2D eigenvalue weighted by molar-refractivity contribution is 0.229. The summed E-state index contributed by atoms with van der Waals surface area (Å²) in [6.45, 7) is 5.51. The van der Waals surface area contributed by atoms with Crippen LogP contribution in [0.1, 0.15) is 35.1 Å². The van der Waals surface area contributed by atoms with Crippen molar-refractivity contribution >= 4 is 17.4 Å². The highest BCUT2D eigenvalue weighted by molar-refractivity contribution is 7.09. The van der Waals surface area contributed by atoms with Crippen molar-refractivity contribution in [2.75, 3.05) is 19.6 Å². The molecule has 0 radical (unpaired) electrons. The fourth-order valence-electron chi connectivity index (χ4n) is 3.01. The second kappa shape index (κ2) is 8.26. The molecule has 0 unspecified atom stereocenters. The molecule has 0 spiro atoms. The third-order valence-corrected chi connectivity index (χ3v) is 5.07. The first-order valence-electron chi connectivity index (χ1n) is 8.43. The number of hydrogen-bond acceptors (Lipinski definition) is 4. The summed E-state index contributed by atoms with van der Waals surface area (Å²) in [7, 11) is 0. The second-order valence-electron chi connectivity index (χ2n) is 6.16. The molecule has 24 heavy (non-hydrogen) atoms. The molecule has 0 aliphatic carbocycles. The van der Waals surface area contributed by atoms with Gasteiger partial charge in [0.25, 0.3) is 0 Å². The molecule has 5 nitrogen and oxygen atoms in total. The maximum Gasteiger partial charge on any atom is 0.315 e. The lowest BCUT2D eigenvalue weighted by atomic mass is 10.1. The molecule has 1 saturated heterocycles. The van der Waals surface area contributed by atoms with Crippen LogP contribution in [0.3, 0.4) is 0 Å². The van der Waals surface area contributed by atoms with Gasteiger partial charge < -0.3 is 15.5 Å². The Morgan fingerprint density at radius 1 is 1.29 bits per heavy atom. The maximum absolute atomic E-state index is 12.3. The van der Waals surface area contributed by atoms with Crippen LogP contribution in [0.5, 0.6) is 0 Å². The van der Waals surface area contributed by atoms with Gasteiger partial charge in [-0.15, -0.1) is 11.3 Å². The molecule has 6 heteroatoms. The average molecular weight is 344 g/mol. The van der Waals surface area contributed by atoms with Crippen LogP contribution in [0.2, 0.25) is 0 Å². The number of likely N-dealkylation sites (tertiary alicyclic amines) is 1. The first-order chi connectivity index (χ1) is 11.7. The van der Waals surface area contributed by atoms with E-state index < -0.39 is 0 Å². The van der Waals surface area contributed by atoms with E-state index >= 15 is 0 Å². The fraction of sp³-hybridized carbons (Fsp3) is 0.444. The van der Waals surface area contributed by atoms with Gasteiger partial charge in [-0.1, -0.05) is 30.3 Å². The third-order valence-electron chi connectivity index (χ3n) is 4.24. The van der Waals surface area contributed by atoms with Crippen LogP contribution in [0.4, 0.5) is 4.79 Å². The van der Waals surface area contributed by atoms with E-state index in [1.807, 2.05) is 30.5 Å². The molecule has 3 rings (SSSR count). The minimum absolute atomic E-state index is 0.00136. The minimum Gasteiger partial charge on any atom is -0.332 e. The number of carbonyl (C=O) groups excluding carboxylic acids is 1. The Balaban J connectivity index is 1.58. The summed E-state index contributed by atoms with van der Waals surface area (Å²) in [4.78, 5) is 19.1. The normalized spacial score (nSPS) is 16.0. The first kappa shape index (κ1) is 16.9. The lowest BCUT2D eigenvalue weighted by Gasteiger charge is -2.25. The van der Waals surface area contributed by atoms with Crippen LogP contribution in [0, 0.1) is 6.92 Å². The van der Waals surface area contributed by atoms with E-state index in [1.165, 1.54) is 12.8 Å². The Morgan fingerprint density at radius 3 is 2.71 bits per heavy atom. The third kappa shape index (κ3) is 4.79. The molecule has 1 aliphatic rings. The van der Waals surface area contributed by atoms with Crippen LogP contribution in [0.15, 0.2) is 35.7 Å². The molecule has 1 fully saturated rings. The zero-order valence-electron chi connectivity index (χ0n) is 14.0. The highest BCUT2D eigenvalue weighted by Gasteiger charge is 2.20. The number of nitrogens with zero attached hydrogens (tertiary/aromatic N) is 2. The highest BCUT2D eigenvalue weighted by Crippen LogP contribution is 2.17. The van der Waals surface area contributed by atoms with Crippen LogP contribution < -0.4 is 10.6 Å². The molecule has 2 amide bonds. The number of urea groups is 1. The quantitative estimate of drug-likeness (QED) is 0.847. The molecule has 0 saturated carbocycles. The summed E-state index contributed by atoms with van der Waals surface area (Å²) in [6.07, 6.45) is 2.49. The monoisotopic (exact) mass is 344 g/mol. The zero-order chi connectivity index (χ0) is 16.8. The smallest absolute Gasteiger partial charge is 0.315 e. The van der Waals surface area contributed by atoms with Gasteiger partial charge >= 0.3 is 6.03 Å². The van der Waals surface area contributed by atoms with Gasteiger partial charge in [-0.25, -0.2) is 9.78 Å². The Kier molecular flexibility index (Phi) is 5.82. The molecule has 2 aromatic rings. The van der Waals surface area contributed by atoms with Gasteiger partial charge in [-0.05, 0) is 38.4 Å². The SMILES string of the molecule is Cc1nc(CNC(=O)N[C@H](CN2CCCC2)c2ccccc2)cs1. The molecular weight excluding hydrogens is 320 g/mol. The number of hydrogen-bond donors (Lipinski definition) is 2. The van der Waals surface area contributed by atoms with Gasteiger partial charge in [0, 0.05) is 11.9 Å². The summed E-state index contributed by atoms with van der Waals surface area (Å²) in [5, 5.41) is 9.03. The molecular formula is C18H24N4OS. The van der Waals surface area contributed by atoms with Crippen molar-refractivity contribution in [3.05, 3.63) is 52.0 Å². The van der Waals surface area contributed by atoms with E-state index in [1.54, 1.807) is 11.3 Å². The average Bonchev–Trinajstić information content (AvgIpc) is 3.25. The Morgan fingerprint density at radius 2 is 2.04 bits per heavy atom. The summed E-state index contributed by atoms with van der Waals surface area (Å²) >= 11 is 1.60. The number of aryl methyl sites for hydroxylation is 1. The standard InChI is InChI=1S/C18H24N4OS/c1-14-20-16(13-24-14)11-19-18(23)21-17(12-22-9-5-6-10-22)15-7-3-2-4-8-15/h2-4,7-8,13,17H,5-6,9-12H2,1H3,(H2,19,21,23)/t17-/m1/s1. The molecule has 0 bridgehead atoms. The summed E-state index contributed by atoms with van der Waals surface area (Å²) in [5.41, 5.74) is 2.05.